The third kappa shape index (κ3) is 2.86. The number of hydrogen-bond acceptors (Lipinski definition) is 3. The second kappa shape index (κ2) is 5.64. The number of carbonyl (C=O) groups excluding carboxylic acids is 1. The molecule has 0 aliphatic heterocycles. The number of fused-ring (bicyclic) bond motifs is 1. The van der Waals surface area contributed by atoms with Crippen LogP contribution in [0.5, 0.6) is 0 Å². The SMILES string of the molecule is Cc1cc(C)cc(C(=O)NC(C)c2nc3ccccc3o2)c1. The Labute approximate surface area is 129 Å². The van der Waals surface area contributed by atoms with Gasteiger partial charge < -0.3 is 9.73 Å². The number of aryl methyl sites for hydroxylation is 2. The minimum Gasteiger partial charge on any atom is -0.438 e. The highest BCUT2D eigenvalue weighted by molar-refractivity contribution is 5.94. The highest BCUT2D eigenvalue weighted by Crippen LogP contribution is 2.20. The number of benzene rings is 2. The fourth-order valence-corrected chi connectivity index (χ4v) is 2.52. The largest absolute Gasteiger partial charge is 0.438 e. The lowest BCUT2D eigenvalue weighted by atomic mass is 10.1. The predicted molar refractivity (Wildman–Crippen MR) is 85.8 cm³/mol. The molecule has 1 amide bonds. The number of rotatable bonds is 3. The summed E-state index contributed by atoms with van der Waals surface area (Å²) in [7, 11) is 0. The van der Waals surface area contributed by atoms with Crippen molar-refractivity contribution in [1.29, 1.82) is 0 Å². The van der Waals surface area contributed by atoms with E-state index in [9.17, 15) is 4.79 Å². The zero-order valence-corrected chi connectivity index (χ0v) is 12.9. The lowest BCUT2D eigenvalue weighted by molar-refractivity contribution is 0.0934. The highest BCUT2D eigenvalue weighted by Gasteiger charge is 2.17. The highest BCUT2D eigenvalue weighted by atomic mass is 16.3. The molecule has 4 nitrogen and oxygen atoms in total. The maximum atomic E-state index is 12.4. The van der Waals surface area contributed by atoms with E-state index in [0.29, 0.717) is 11.5 Å². The summed E-state index contributed by atoms with van der Waals surface area (Å²) in [5.74, 6) is 0.389. The van der Waals surface area contributed by atoms with Gasteiger partial charge in [-0.15, -0.1) is 0 Å². The van der Waals surface area contributed by atoms with Gasteiger partial charge >= 0.3 is 0 Å². The molecule has 0 radical (unpaired) electrons. The molecule has 0 saturated carbocycles. The van der Waals surface area contributed by atoms with Crippen LogP contribution >= 0.6 is 0 Å². The average Bonchev–Trinajstić information content (AvgIpc) is 2.90. The quantitative estimate of drug-likeness (QED) is 0.796. The van der Waals surface area contributed by atoms with Crippen molar-refractivity contribution in [3.63, 3.8) is 0 Å². The molecule has 0 bridgehead atoms. The van der Waals surface area contributed by atoms with Crippen LogP contribution in [0.1, 0.15) is 40.3 Å². The lowest BCUT2D eigenvalue weighted by Crippen LogP contribution is -2.27. The summed E-state index contributed by atoms with van der Waals surface area (Å²) in [6.45, 7) is 5.83. The van der Waals surface area contributed by atoms with E-state index in [0.717, 1.165) is 22.2 Å². The summed E-state index contributed by atoms with van der Waals surface area (Å²) in [6, 6.07) is 13.1. The van der Waals surface area contributed by atoms with Gasteiger partial charge in [0.25, 0.3) is 5.91 Å². The van der Waals surface area contributed by atoms with E-state index in [1.807, 2.05) is 63.2 Å². The van der Waals surface area contributed by atoms with Gasteiger partial charge in [0.15, 0.2) is 5.58 Å². The van der Waals surface area contributed by atoms with Crippen LogP contribution in [0.25, 0.3) is 11.1 Å². The van der Waals surface area contributed by atoms with Crippen molar-refractivity contribution in [2.45, 2.75) is 26.8 Å². The number of hydrogen-bond donors (Lipinski definition) is 1. The van der Waals surface area contributed by atoms with Gasteiger partial charge in [-0.25, -0.2) is 4.98 Å². The van der Waals surface area contributed by atoms with Crippen molar-refractivity contribution < 1.29 is 9.21 Å². The van der Waals surface area contributed by atoms with Crippen LogP contribution in [0.4, 0.5) is 0 Å². The summed E-state index contributed by atoms with van der Waals surface area (Å²) in [6.07, 6.45) is 0. The van der Waals surface area contributed by atoms with Gasteiger partial charge in [-0.2, -0.15) is 0 Å². The molecule has 0 saturated heterocycles. The van der Waals surface area contributed by atoms with Crippen molar-refractivity contribution in [2.24, 2.45) is 0 Å². The van der Waals surface area contributed by atoms with Gasteiger partial charge in [0.05, 0.1) is 0 Å². The maximum absolute atomic E-state index is 12.4. The van der Waals surface area contributed by atoms with E-state index in [-0.39, 0.29) is 11.9 Å². The molecule has 2 aromatic carbocycles. The van der Waals surface area contributed by atoms with Crippen LogP contribution in [0, 0.1) is 13.8 Å². The molecular formula is C18H18N2O2. The number of amides is 1. The van der Waals surface area contributed by atoms with Gasteiger partial charge in [0.2, 0.25) is 5.89 Å². The summed E-state index contributed by atoms with van der Waals surface area (Å²) in [5.41, 5.74) is 4.31. The van der Waals surface area contributed by atoms with E-state index in [4.69, 9.17) is 4.42 Å². The van der Waals surface area contributed by atoms with Gasteiger partial charge in [-0.05, 0) is 45.0 Å². The minimum absolute atomic E-state index is 0.124. The molecule has 1 unspecified atom stereocenters. The number of nitrogens with one attached hydrogen (secondary N) is 1. The van der Waals surface area contributed by atoms with Crippen LogP contribution in [-0.4, -0.2) is 10.9 Å². The first-order valence-electron chi connectivity index (χ1n) is 7.27. The van der Waals surface area contributed by atoms with Crippen LogP contribution in [-0.2, 0) is 0 Å². The van der Waals surface area contributed by atoms with Crippen LogP contribution in [0.3, 0.4) is 0 Å². The molecule has 3 rings (SSSR count). The van der Waals surface area contributed by atoms with Crippen molar-refractivity contribution in [2.75, 3.05) is 0 Å². The van der Waals surface area contributed by atoms with Gasteiger partial charge in [-0.1, -0.05) is 29.3 Å². The number of carbonyl (C=O) groups is 1. The summed E-state index contributed by atoms with van der Waals surface area (Å²) in [4.78, 5) is 16.8. The molecule has 112 valence electrons. The first kappa shape index (κ1) is 14.3. The van der Waals surface area contributed by atoms with Crippen molar-refractivity contribution in [3.8, 4) is 0 Å². The molecule has 0 aliphatic carbocycles. The average molecular weight is 294 g/mol. The summed E-state index contributed by atoms with van der Waals surface area (Å²) in [5, 5.41) is 2.93. The Morgan fingerprint density at radius 2 is 1.82 bits per heavy atom. The molecular weight excluding hydrogens is 276 g/mol. The molecule has 1 aromatic heterocycles. The number of oxazole rings is 1. The van der Waals surface area contributed by atoms with Crippen LogP contribution in [0.2, 0.25) is 0 Å². The van der Waals surface area contributed by atoms with E-state index < -0.39 is 0 Å². The molecule has 0 aliphatic rings. The second-order valence-electron chi connectivity index (χ2n) is 5.59. The predicted octanol–water partition coefficient (Wildman–Crippen LogP) is 3.94. The summed E-state index contributed by atoms with van der Waals surface area (Å²) < 4.78 is 5.69. The fraction of sp³-hybridized carbons (Fsp3) is 0.222. The van der Waals surface area contributed by atoms with E-state index >= 15 is 0 Å². The minimum atomic E-state index is -0.291. The lowest BCUT2D eigenvalue weighted by Gasteiger charge is -2.11. The molecule has 4 heteroatoms. The third-order valence-electron chi connectivity index (χ3n) is 3.51. The maximum Gasteiger partial charge on any atom is 0.251 e. The monoisotopic (exact) mass is 294 g/mol. The molecule has 3 aromatic rings. The molecule has 1 N–H and O–H groups in total. The zero-order valence-electron chi connectivity index (χ0n) is 12.9. The fourth-order valence-electron chi connectivity index (χ4n) is 2.52. The van der Waals surface area contributed by atoms with E-state index in [1.165, 1.54) is 0 Å². The molecule has 1 heterocycles. The van der Waals surface area contributed by atoms with E-state index in [1.54, 1.807) is 0 Å². The Bertz CT molecular complexity index is 783. The Morgan fingerprint density at radius 1 is 1.14 bits per heavy atom. The van der Waals surface area contributed by atoms with Crippen LogP contribution < -0.4 is 5.32 Å². The first-order chi connectivity index (χ1) is 10.5. The normalized spacial score (nSPS) is 12.3. The number of nitrogens with zero attached hydrogens (tertiary/aromatic N) is 1. The smallest absolute Gasteiger partial charge is 0.251 e. The Balaban J connectivity index is 1.80. The Kier molecular flexibility index (Phi) is 3.67. The van der Waals surface area contributed by atoms with Crippen LogP contribution in [0.15, 0.2) is 46.9 Å². The molecule has 1 atom stereocenters. The van der Waals surface area contributed by atoms with Gasteiger partial charge in [0, 0.05) is 5.56 Å². The van der Waals surface area contributed by atoms with Gasteiger partial charge in [-0.3, -0.25) is 4.79 Å². The zero-order chi connectivity index (χ0) is 15.7. The van der Waals surface area contributed by atoms with Crippen molar-refractivity contribution in [1.82, 2.24) is 10.3 Å². The van der Waals surface area contributed by atoms with Crippen molar-refractivity contribution >= 4 is 17.0 Å². The Hall–Kier alpha value is -2.62. The summed E-state index contributed by atoms with van der Waals surface area (Å²) >= 11 is 0. The second-order valence-corrected chi connectivity index (χ2v) is 5.59. The topological polar surface area (TPSA) is 55.1 Å². The van der Waals surface area contributed by atoms with Gasteiger partial charge in [0.1, 0.15) is 11.6 Å². The van der Waals surface area contributed by atoms with E-state index in [2.05, 4.69) is 10.3 Å². The number of aromatic nitrogens is 1. The first-order valence-corrected chi connectivity index (χ1v) is 7.27. The third-order valence-corrected chi connectivity index (χ3v) is 3.51. The molecule has 22 heavy (non-hydrogen) atoms. The molecule has 0 fully saturated rings. The molecule has 0 spiro atoms. The Morgan fingerprint density at radius 3 is 2.50 bits per heavy atom. The standard InChI is InChI=1S/C18H18N2O2/c1-11-8-12(2)10-14(9-11)17(21)19-13(3)18-20-15-6-4-5-7-16(15)22-18/h4-10,13H,1-3H3,(H,19,21). The van der Waals surface area contributed by atoms with Crippen molar-refractivity contribution in [3.05, 3.63) is 65.0 Å². The number of para-hydroxylation sites is 2.